The van der Waals surface area contributed by atoms with E-state index < -0.39 is 8.07 Å². The van der Waals surface area contributed by atoms with E-state index in [0.717, 1.165) is 27.8 Å². The lowest BCUT2D eigenvalue weighted by Crippen LogP contribution is -2.43. The normalized spacial score (nSPS) is 11.0. The number of hydrogen-bond donors (Lipinski definition) is 0. The van der Waals surface area contributed by atoms with Crippen LogP contribution in [0.2, 0.25) is 16.6 Å². The van der Waals surface area contributed by atoms with Gasteiger partial charge in [0.25, 0.3) is 0 Å². The first-order valence-corrected chi connectivity index (χ1v) is 20.9. The predicted octanol–water partition coefficient (Wildman–Crippen LogP) is 12.6. The zero-order chi connectivity index (χ0) is 34.3. The average Bonchev–Trinajstić information content (AvgIpc) is 3.07. The van der Waals surface area contributed by atoms with Crippen LogP contribution in [0.25, 0.3) is 22.3 Å². The summed E-state index contributed by atoms with van der Waals surface area (Å²) in [5.74, 6) is 17.3. The van der Waals surface area contributed by atoms with Crippen LogP contribution in [-0.2, 0) is 0 Å². The lowest BCUT2D eigenvalue weighted by Gasteiger charge is -2.38. The van der Waals surface area contributed by atoms with Gasteiger partial charge >= 0.3 is 0 Å². The fraction of sp³-hybridized carbons (Fsp3) is 0.200. The number of hydrogen-bond acceptors (Lipinski definition) is 0. The van der Waals surface area contributed by atoms with Crippen molar-refractivity contribution in [2.24, 2.45) is 0 Å². The predicted molar refractivity (Wildman–Crippen MR) is 226 cm³/mol. The first-order chi connectivity index (χ1) is 23.0. The summed E-state index contributed by atoms with van der Waals surface area (Å²) in [7, 11) is -1.89. The van der Waals surface area contributed by atoms with Crippen molar-refractivity contribution >= 4 is 53.3 Å². The molecule has 238 valence electrons. The van der Waals surface area contributed by atoms with Crippen LogP contribution in [0, 0.1) is 42.3 Å². The van der Waals surface area contributed by atoms with Crippen molar-refractivity contribution in [3.8, 4) is 57.4 Å². The Hall–Kier alpha value is -3.54. The molecule has 0 unspecified atom stereocenters. The molecular formula is C45H40I2Si. The Bertz CT molecular complexity index is 1900. The average molecular weight is 863 g/mol. The highest BCUT2D eigenvalue weighted by Gasteiger charge is 2.41. The molecular weight excluding hydrogens is 822 g/mol. The molecule has 0 bridgehead atoms. The standard InChI is InChI=1S/C45H40I2Si/c1-32(2)48(33(3)4,34(5)6)28-27-39-30-37(9-7-35-11-15-40(16-12-35)42-19-23-44(46)24-20-42)29-38(31-39)10-8-36-13-17-41(18-14-36)43-21-25-45(47)26-22-43/h11-26,29-34H,1-6H3. The molecule has 0 nitrogen and oxygen atoms in total. The van der Waals surface area contributed by atoms with E-state index in [-0.39, 0.29) is 0 Å². The summed E-state index contributed by atoms with van der Waals surface area (Å²) in [5, 5.41) is 0. The second kappa shape index (κ2) is 16.2. The van der Waals surface area contributed by atoms with Gasteiger partial charge in [-0.1, -0.05) is 120 Å². The molecule has 0 radical (unpaired) electrons. The monoisotopic (exact) mass is 862 g/mol. The maximum Gasteiger partial charge on any atom is 0.146 e. The van der Waals surface area contributed by atoms with E-state index >= 15 is 0 Å². The van der Waals surface area contributed by atoms with Crippen molar-refractivity contribution in [1.82, 2.24) is 0 Å². The Morgan fingerprint density at radius 2 is 0.646 bits per heavy atom. The molecule has 0 atom stereocenters. The van der Waals surface area contributed by atoms with Crippen LogP contribution in [-0.4, -0.2) is 8.07 Å². The highest BCUT2D eigenvalue weighted by Crippen LogP contribution is 2.40. The summed E-state index contributed by atoms with van der Waals surface area (Å²) in [6.45, 7) is 14.1. The number of halogens is 2. The molecule has 5 aromatic carbocycles. The highest BCUT2D eigenvalue weighted by atomic mass is 127. The minimum atomic E-state index is -1.89. The minimum Gasteiger partial charge on any atom is -0.125 e. The Morgan fingerprint density at radius 3 is 0.958 bits per heavy atom. The van der Waals surface area contributed by atoms with Gasteiger partial charge in [0, 0.05) is 35.0 Å². The second-order valence-corrected chi connectivity index (χ2v) is 21.2. The second-order valence-electron chi connectivity index (χ2n) is 13.1. The lowest BCUT2D eigenvalue weighted by molar-refractivity contribution is 0.838. The zero-order valence-electron chi connectivity index (χ0n) is 28.5. The van der Waals surface area contributed by atoms with Crippen molar-refractivity contribution < 1.29 is 0 Å². The fourth-order valence-electron chi connectivity index (χ4n) is 6.52. The van der Waals surface area contributed by atoms with E-state index in [1.54, 1.807) is 0 Å². The molecule has 0 aromatic heterocycles. The summed E-state index contributed by atoms with van der Waals surface area (Å²) < 4.78 is 2.47. The Morgan fingerprint density at radius 1 is 0.375 bits per heavy atom. The molecule has 0 fully saturated rings. The first kappa shape index (κ1) is 35.8. The molecule has 0 N–H and O–H groups in total. The van der Waals surface area contributed by atoms with Crippen molar-refractivity contribution in [2.75, 3.05) is 0 Å². The molecule has 0 saturated heterocycles. The van der Waals surface area contributed by atoms with Crippen LogP contribution in [0.3, 0.4) is 0 Å². The van der Waals surface area contributed by atoms with Crippen LogP contribution in [0.1, 0.15) is 69.4 Å². The van der Waals surface area contributed by atoms with E-state index in [0.29, 0.717) is 16.6 Å². The van der Waals surface area contributed by atoms with Crippen LogP contribution in [0.5, 0.6) is 0 Å². The SMILES string of the molecule is CC(C)[Si](C#Cc1cc(C#Cc2ccc(-c3ccc(I)cc3)cc2)cc(C#Cc2ccc(-c3ccc(I)cc3)cc2)c1)(C(C)C)C(C)C. The van der Waals surface area contributed by atoms with Crippen LogP contribution >= 0.6 is 45.2 Å². The van der Waals surface area contributed by atoms with E-state index in [4.69, 9.17) is 0 Å². The van der Waals surface area contributed by atoms with Gasteiger partial charge in [-0.25, -0.2) is 0 Å². The van der Waals surface area contributed by atoms with Crippen molar-refractivity contribution in [3.05, 3.63) is 150 Å². The van der Waals surface area contributed by atoms with E-state index in [1.165, 1.54) is 29.4 Å². The molecule has 5 rings (SSSR count). The van der Waals surface area contributed by atoms with Gasteiger partial charge < -0.3 is 0 Å². The summed E-state index contributed by atoms with van der Waals surface area (Å²) in [6.07, 6.45) is 0. The largest absolute Gasteiger partial charge is 0.146 e. The van der Waals surface area contributed by atoms with Crippen LogP contribution < -0.4 is 0 Å². The van der Waals surface area contributed by atoms with Gasteiger partial charge in [0.1, 0.15) is 8.07 Å². The van der Waals surface area contributed by atoms with E-state index in [1.807, 2.05) is 0 Å². The van der Waals surface area contributed by atoms with Gasteiger partial charge in [-0.15, -0.1) is 5.54 Å². The third kappa shape index (κ3) is 8.92. The molecule has 0 heterocycles. The van der Waals surface area contributed by atoms with Gasteiger partial charge in [0.2, 0.25) is 0 Å². The molecule has 0 aliphatic rings. The van der Waals surface area contributed by atoms with Crippen LogP contribution in [0.4, 0.5) is 0 Å². The Kier molecular flexibility index (Phi) is 12.1. The molecule has 0 amide bonds. The zero-order valence-corrected chi connectivity index (χ0v) is 33.8. The topological polar surface area (TPSA) is 0 Å². The molecule has 48 heavy (non-hydrogen) atoms. The Labute approximate surface area is 316 Å². The van der Waals surface area contributed by atoms with Crippen molar-refractivity contribution in [2.45, 2.75) is 58.2 Å². The van der Waals surface area contributed by atoms with Crippen molar-refractivity contribution in [3.63, 3.8) is 0 Å². The molecule has 5 aromatic rings. The van der Waals surface area contributed by atoms with Gasteiger partial charge in [0.05, 0.1) is 0 Å². The number of benzene rings is 5. The third-order valence-electron chi connectivity index (χ3n) is 9.05. The fourth-order valence-corrected chi connectivity index (χ4v) is 12.5. The number of rotatable bonds is 5. The maximum atomic E-state index is 3.89. The molecule has 0 aliphatic heterocycles. The molecule has 0 aliphatic carbocycles. The summed E-state index contributed by atoms with van der Waals surface area (Å²) in [6, 6.07) is 40.5. The van der Waals surface area contributed by atoms with Gasteiger partial charge in [0.15, 0.2) is 0 Å². The first-order valence-electron chi connectivity index (χ1n) is 16.5. The smallest absolute Gasteiger partial charge is 0.125 e. The summed E-state index contributed by atoms with van der Waals surface area (Å²) >= 11 is 4.67. The maximum absolute atomic E-state index is 3.89. The van der Waals surface area contributed by atoms with Gasteiger partial charge in [-0.3, -0.25) is 0 Å². The molecule has 0 spiro atoms. The highest BCUT2D eigenvalue weighted by molar-refractivity contribution is 14.1. The quantitative estimate of drug-likeness (QED) is 0.0938. The van der Waals surface area contributed by atoms with Gasteiger partial charge in [-0.2, -0.15) is 0 Å². The van der Waals surface area contributed by atoms with Crippen molar-refractivity contribution in [1.29, 1.82) is 0 Å². The van der Waals surface area contributed by atoms with E-state index in [2.05, 4.69) is 237 Å². The summed E-state index contributed by atoms with van der Waals surface area (Å²) in [4.78, 5) is 0. The minimum absolute atomic E-state index is 0.567. The lowest BCUT2D eigenvalue weighted by atomic mass is 10.0. The summed E-state index contributed by atoms with van der Waals surface area (Å²) in [5.41, 5.74) is 15.2. The third-order valence-corrected chi connectivity index (χ3v) is 16.8. The Balaban J connectivity index is 1.49. The van der Waals surface area contributed by atoms with Crippen LogP contribution in [0.15, 0.2) is 115 Å². The molecule has 3 heteroatoms. The molecule has 0 saturated carbocycles. The van der Waals surface area contributed by atoms with Gasteiger partial charge in [-0.05, 0) is 151 Å². The van der Waals surface area contributed by atoms with E-state index in [9.17, 15) is 0 Å².